The number of hydrogen-bond acceptors (Lipinski definition) is 2. The molecule has 1 aromatic rings. The van der Waals surface area contributed by atoms with Crippen molar-refractivity contribution in [2.75, 3.05) is 6.54 Å². The van der Waals surface area contributed by atoms with Gasteiger partial charge in [-0.15, -0.1) is 0 Å². The zero-order chi connectivity index (χ0) is 13.1. The molecule has 18 heavy (non-hydrogen) atoms. The molecule has 0 aliphatic heterocycles. The Bertz CT molecular complexity index is 414. The molecule has 0 bridgehead atoms. The van der Waals surface area contributed by atoms with E-state index in [0.29, 0.717) is 6.04 Å². The third-order valence-electron chi connectivity index (χ3n) is 3.34. The Morgan fingerprint density at radius 1 is 1.44 bits per heavy atom. The van der Waals surface area contributed by atoms with Crippen LogP contribution in [-0.4, -0.2) is 34.6 Å². The van der Waals surface area contributed by atoms with E-state index in [9.17, 15) is 4.79 Å². The molecule has 1 N–H and O–H groups in total. The number of aliphatic carboxylic acids is 1. The quantitative estimate of drug-likeness (QED) is 0.862. The van der Waals surface area contributed by atoms with Crippen LogP contribution in [0, 0.1) is 0 Å². The Kier molecular flexibility index (Phi) is 4.25. The normalized spacial score (nSPS) is 16.8. The van der Waals surface area contributed by atoms with Crippen LogP contribution >= 0.6 is 11.6 Å². The summed E-state index contributed by atoms with van der Waals surface area (Å²) in [5.74, 6) is -0.746. The van der Waals surface area contributed by atoms with Crippen LogP contribution in [0.15, 0.2) is 24.3 Å². The standard InChI is InChI=1S/C14H18ClNO2/c1-10(8-11-2-4-12(15)5-3-11)16(9-14(17)18)13-6-7-13/h2-5,10,13H,6-9H2,1H3,(H,17,18). The predicted octanol–water partition coefficient (Wildman–Crippen LogP) is 2.82. The fraction of sp³-hybridized carbons (Fsp3) is 0.500. The first-order valence-electron chi connectivity index (χ1n) is 6.28. The number of halogens is 1. The fourth-order valence-corrected chi connectivity index (χ4v) is 2.41. The highest BCUT2D eigenvalue weighted by molar-refractivity contribution is 6.30. The summed E-state index contributed by atoms with van der Waals surface area (Å²) in [5, 5.41) is 9.69. The lowest BCUT2D eigenvalue weighted by atomic mass is 10.1. The highest BCUT2D eigenvalue weighted by Crippen LogP contribution is 2.29. The zero-order valence-corrected chi connectivity index (χ0v) is 11.2. The first-order chi connectivity index (χ1) is 8.56. The molecule has 0 radical (unpaired) electrons. The summed E-state index contributed by atoms with van der Waals surface area (Å²) >= 11 is 5.85. The average Bonchev–Trinajstić information content (AvgIpc) is 3.12. The summed E-state index contributed by atoms with van der Waals surface area (Å²) in [6, 6.07) is 8.47. The van der Waals surface area contributed by atoms with E-state index in [4.69, 9.17) is 16.7 Å². The number of nitrogens with zero attached hydrogens (tertiary/aromatic N) is 1. The summed E-state index contributed by atoms with van der Waals surface area (Å²) < 4.78 is 0. The van der Waals surface area contributed by atoms with Crippen LogP contribution in [0.1, 0.15) is 25.3 Å². The molecule has 1 aliphatic carbocycles. The lowest BCUT2D eigenvalue weighted by Crippen LogP contribution is -2.40. The maximum absolute atomic E-state index is 10.9. The molecule has 0 heterocycles. The second-order valence-electron chi connectivity index (χ2n) is 4.98. The predicted molar refractivity (Wildman–Crippen MR) is 72.0 cm³/mol. The van der Waals surface area contributed by atoms with Crippen molar-refractivity contribution in [3.63, 3.8) is 0 Å². The fourth-order valence-electron chi connectivity index (χ4n) is 2.29. The number of carbonyl (C=O) groups is 1. The van der Waals surface area contributed by atoms with Crippen LogP contribution in [0.2, 0.25) is 5.02 Å². The van der Waals surface area contributed by atoms with Crippen molar-refractivity contribution in [2.24, 2.45) is 0 Å². The molecule has 1 unspecified atom stereocenters. The van der Waals surface area contributed by atoms with E-state index < -0.39 is 5.97 Å². The summed E-state index contributed by atoms with van der Waals surface area (Å²) in [4.78, 5) is 13.0. The summed E-state index contributed by atoms with van der Waals surface area (Å²) in [5.41, 5.74) is 1.20. The van der Waals surface area contributed by atoms with E-state index in [1.165, 1.54) is 5.56 Å². The number of benzene rings is 1. The van der Waals surface area contributed by atoms with Crippen molar-refractivity contribution < 1.29 is 9.90 Å². The summed E-state index contributed by atoms with van der Waals surface area (Å²) in [7, 11) is 0. The van der Waals surface area contributed by atoms with Crippen LogP contribution in [0.5, 0.6) is 0 Å². The van der Waals surface area contributed by atoms with E-state index in [-0.39, 0.29) is 12.6 Å². The molecular formula is C14H18ClNO2. The van der Waals surface area contributed by atoms with E-state index in [1.807, 2.05) is 24.3 Å². The summed E-state index contributed by atoms with van der Waals surface area (Å²) in [6.07, 6.45) is 3.11. The maximum atomic E-state index is 10.9. The SMILES string of the molecule is CC(Cc1ccc(Cl)cc1)N(CC(=O)O)C1CC1. The van der Waals surface area contributed by atoms with E-state index in [1.54, 1.807) is 0 Å². The van der Waals surface area contributed by atoms with Crippen molar-refractivity contribution in [1.29, 1.82) is 0 Å². The van der Waals surface area contributed by atoms with Gasteiger partial charge in [0.15, 0.2) is 0 Å². The van der Waals surface area contributed by atoms with E-state index in [2.05, 4.69) is 11.8 Å². The van der Waals surface area contributed by atoms with Crippen LogP contribution in [-0.2, 0) is 11.2 Å². The van der Waals surface area contributed by atoms with Crippen LogP contribution in [0.4, 0.5) is 0 Å². The van der Waals surface area contributed by atoms with Crippen molar-refractivity contribution >= 4 is 17.6 Å². The second-order valence-corrected chi connectivity index (χ2v) is 5.41. The van der Waals surface area contributed by atoms with Gasteiger partial charge in [-0.1, -0.05) is 23.7 Å². The van der Waals surface area contributed by atoms with Crippen LogP contribution in [0.25, 0.3) is 0 Å². The van der Waals surface area contributed by atoms with Gasteiger partial charge in [-0.3, -0.25) is 9.69 Å². The minimum atomic E-state index is -0.746. The van der Waals surface area contributed by atoms with Gasteiger partial charge in [0.2, 0.25) is 0 Å². The van der Waals surface area contributed by atoms with Crippen molar-refractivity contribution in [3.05, 3.63) is 34.9 Å². The average molecular weight is 268 g/mol. The molecule has 4 heteroatoms. The molecule has 0 spiro atoms. The van der Waals surface area contributed by atoms with E-state index in [0.717, 1.165) is 24.3 Å². The molecule has 1 fully saturated rings. The van der Waals surface area contributed by atoms with Gasteiger partial charge >= 0.3 is 5.97 Å². The molecule has 0 saturated heterocycles. The molecule has 1 saturated carbocycles. The van der Waals surface area contributed by atoms with Gasteiger partial charge in [0.25, 0.3) is 0 Å². The Balaban J connectivity index is 1.97. The molecule has 0 amide bonds. The molecule has 2 rings (SSSR count). The smallest absolute Gasteiger partial charge is 0.317 e. The number of carboxylic acids is 1. The third kappa shape index (κ3) is 3.72. The molecule has 98 valence electrons. The monoisotopic (exact) mass is 267 g/mol. The Morgan fingerprint density at radius 3 is 2.56 bits per heavy atom. The number of carboxylic acid groups (broad SMARTS) is 1. The zero-order valence-electron chi connectivity index (χ0n) is 10.5. The lowest BCUT2D eigenvalue weighted by molar-refractivity contribution is -0.139. The lowest BCUT2D eigenvalue weighted by Gasteiger charge is -2.27. The van der Waals surface area contributed by atoms with Crippen molar-refractivity contribution in [2.45, 2.75) is 38.3 Å². The Labute approximate surface area is 112 Å². The van der Waals surface area contributed by atoms with Gasteiger partial charge in [0.05, 0.1) is 6.54 Å². The first kappa shape index (κ1) is 13.4. The molecular weight excluding hydrogens is 250 g/mol. The second kappa shape index (κ2) is 5.72. The highest BCUT2D eigenvalue weighted by atomic mass is 35.5. The van der Waals surface area contributed by atoms with Gasteiger partial charge in [-0.2, -0.15) is 0 Å². The van der Waals surface area contributed by atoms with Gasteiger partial charge in [-0.25, -0.2) is 0 Å². The third-order valence-corrected chi connectivity index (χ3v) is 3.60. The minimum absolute atomic E-state index is 0.138. The number of hydrogen-bond donors (Lipinski definition) is 1. The number of rotatable bonds is 6. The molecule has 1 aromatic carbocycles. The van der Waals surface area contributed by atoms with Crippen LogP contribution < -0.4 is 0 Å². The van der Waals surface area contributed by atoms with Gasteiger partial charge in [-0.05, 0) is 43.9 Å². The summed E-state index contributed by atoms with van der Waals surface area (Å²) in [6.45, 7) is 2.23. The topological polar surface area (TPSA) is 40.5 Å². The molecule has 1 aliphatic rings. The van der Waals surface area contributed by atoms with Crippen LogP contribution in [0.3, 0.4) is 0 Å². The van der Waals surface area contributed by atoms with Gasteiger partial charge in [0.1, 0.15) is 0 Å². The van der Waals surface area contributed by atoms with Crippen molar-refractivity contribution in [1.82, 2.24) is 4.90 Å². The van der Waals surface area contributed by atoms with Crippen molar-refractivity contribution in [3.8, 4) is 0 Å². The molecule has 0 aromatic heterocycles. The highest BCUT2D eigenvalue weighted by Gasteiger charge is 2.33. The van der Waals surface area contributed by atoms with Gasteiger partial charge in [0, 0.05) is 17.1 Å². The first-order valence-corrected chi connectivity index (χ1v) is 6.66. The Hall–Kier alpha value is -1.06. The molecule has 3 nitrogen and oxygen atoms in total. The maximum Gasteiger partial charge on any atom is 0.317 e. The van der Waals surface area contributed by atoms with Gasteiger partial charge < -0.3 is 5.11 Å². The van der Waals surface area contributed by atoms with E-state index >= 15 is 0 Å². The molecule has 1 atom stereocenters. The Morgan fingerprint density at radius 2 is 2.06 bits per heavy atom. The minimum Gasteiger partial charge on any atom is -0.480 e. The largest absolute Gasteiger partial charge is 0.480 e.